The van der Waals surface area contributed by atoms with Crippen molar-refractivity contribution in [3.8, 4) is 0 Å². The number of aryl methyl sites for hydroxylation is 1. The van der Waals surface area contributed by atoms with E-state index in [1.807, 2.05) is 13.1 Å². The molecule has 1 N–H and O–H groups in total. The molecule has 1 rings (SSSR count). The lowest BCUT2D eigenvalue weighted by molar-refractivity contribution is 0.322. The lowest BCUT2D eigenvalue weighted by Gasteiger charge is -1.89. The van der Waals surface area contributed by atoms with Gasteiger partial charge in [0.2, 0.25) is 0 Å². The van der Waals surface area contributed by atoms with Gasteiger partial charge in [0.15, 0.2) is 0 Å². The number of nitrogens with zero attached hydrogens (tertiary/aromatic N) is 1. The molecule has 0 fully saturated rings. The quantitative estimate of drug-likeness (QED) is 0.707. The average molecular weight is 175 g/mol. The van der Waals surface area contributed by atoms with Crippen molar-refractivity contribution in [1.29, 1.82) is 0 Å². The molecule has 1 heterocycles. The summed E-state index contributed by atoms with van der Waals surface area (Å²) in [5.74, 6) is 0.766. The Morgan fingerprint density at radius 1 is 1.80 bits per heavy atom. The third-order valence-corrected chi connectivity index (χ3v) is 3.02. The highest BCUT2D eigenvalue weighted by atomic mass is 32.2. The van der Waals surface area contributed by atoms with E-state index < -0.39 is 0 Å². The predicted molar refractivity (Wildman–Crippen MR) is 44.7 cm³/mol. The van der Waals surface area contributed by atoms with E-state index in [9.17, 15) is 0 Å². The summed E-state index contributed by atoms with van der Waals surface area (Å²) in [5.41, 5.74) is 0. The first-order chi connectivity index (χ1) is 4.83. The zero-order valence-electron chi connectivity index (χ0n) is 5.70. The maximum atomic E-state index is 8.50. The molecule has 0 unspecified atom stereocenters. The Balaban J connectivity index is 2.42. The van der Waals surface area contributed by atoms with Crippen LogP contribution in [0.2, 0.25) is 0 Å². The van der Waals surface area contributed by atoms with Gasteiger partial charge in [0.05, 0.1) is 22.0 Å². The molecule has 0 saturated carbocycles. The Hall–Kier alpha value is -0.0600. The first kappa shape index (κ1) is 8.04. The number of thioether (sulfide) groups is 1. The van der Waals surface area contributed by atoms with E-state index in [-0.39, 0.29) is 6.61 Å². The topological polar surface area (TPSA) is 33.1 Å². The third-order valence-electron chi connectivity index (χ3n) is 0.936. The molecule has 0 spiro atoms. The summed E-state index contributed by atoms with van der Waals surface area (Å²) < 4.78 is 1.19. The molecular formula is C6H9NOS2. The van der Waals surface area contributed by atoms with Gasteiger partial charge in [-0.2, -0.15) is 0 Å². The predicted octanol–water partition coefficient (Wildman–Crippen LogP) is 1.54. The summed E-state index contributed by atoms with van der Waals surface area (Å²) in [4.78, 5) is 4.09. The SMILES string of the molecule is Cc1ncc(SCCO)s1. The maximum absolute atomic E-state index is 8.50. The summed E-state index contributed by atoms with van der Waals surface area (Å²) >= 11 is 3.32. The van der Waals surface area contributed by atoms with Gasteiger partial charge in [0.25, 0.3) is 0 Å². The highest BCUT2D eigenvalue weighted by Gasteiger charge is 1.96. The van der Waals surface area contributed by atoms with E-state index in [1.165, 1.54) is 4.21 Å². The van der Waals surface area contributed by atoms with E-state index in [1.54, 1.807) is 23.1 Å². The van der Waals surface area contributed by atoms with E-state index >= 15 is 0 Å². The molecule has 0 saturated heterocycles. The van der Waals surface area contributed by atoms with E-state index in [0.29, 0.717) is 0 Å². The molecule has 1 aromatic heterocycles. The summed E-state index contributed by atoms with van der Waals surface area (Å²) in [6, 6.07) is 0. The fourth-order valence-electron chi connectivity index (χ4n) is 0.555. The van der Waals surface area contributed by atoms with Crippen molar-refractivity contribution in [3.05, 3.63) is 11.2 Å². The lowest BCUT2D eigenvalue weighted by atomic mass is 10.8. The molecule has 56 valence electrons. The van der Waals surface area contributed by atoms with Crippen LogP contribution < -0.4 is 0 Å². The van der Waals surface area contributed by atoms with Gasteiger partial charge in [-0.05, 0) is 6.92 Å². The van der Waals surface area contributed by atoms with Crippen molar-refractivity contribution in [2.75, 3.05) is 12.4 Å². The second-order valence-corrected chi connectivity index (χ2v) is 4.40. The number of aliphatic hydroxyl groups excluding tert-OH is 1. The molecule has 0 aromatic carbocycles. The van der Waals surface area contributed by atoms with Crippen molar-refractivity contribution < 1.29 is 5.11 Å². The van der Waals surface area contributed by atoms with Gasteiger partial charge in [0, 0.05) is 5.75 Å². The van der Waals surface area contributed by atoms with Crippen LogP contribution in [0.4, 0.5) is 0 Å². The molecule has 0 atom stereocenters. The van der Waals surface area contributed by atoms with Gasteiger partial charge >= 0.3 is 0 Å². The van der Waals surface area contributed by atoms with Crippen molar-refractivity contribution in [1.82, 2.24) is 4.98 Å². The minimum Gasteiger partial charge on any atom is -0.396 e. The van der Waals surface area contributed by atoms with Crippen LogP contribution in [-0.4, -0.2) is 22.5 Å². The van der Waals surface area contributed by atoms with Crippen LogP contribution in [0.3, 0.4) is 0 Å². The average Bonchev–Trinajstić information content (AvgIpc) is 2.31. The zero-order chi connectivity index (χ0) is 7.40. The van der Waals surface area contributed by atoms with Crippen molar-refractivity contribution in [2.24, 2.45) is 0 Å². The van der Waals surface area contributed by atoms with Gasteiger partial charge in [-0.15, -0.1) is 23.1 Å². The largest absolute Gasteiger partial charge is 0.396 e. The second kappa shape index (κ2) is 3.95. The van der Waals surface area contributed by atoms with Crippen LogP contribution in [-0.2, 0) is 0 Å². The maximum Gasteiger partial charge on any atom is 0.0905 e. The van der Waals surface area contributed by atoms with Crippen molar-refractivity contribution >= 4 is 23.1 Å². The molecule has 0 aliphatic rings. The van der Waals surface area contributed by atoms with Gasteiger partial charge in [0.1, 0.15) is 0 Å². The number of hydrogen-bond donors (Lipinski definition) is 1. The van der Waals surface area contributed by atoms with Crippen molar-refractivity contribution in [3.63, 3.8) is 0 Å². The number of rotatable bonds is 3. The first-order valence-electron chi connectivity index (χ1n) is 2.99. The molecule has 2 nitrogen and oxygen atoms in total. The molecule has 0 aliphatic carbocycles. The van der Waals surface area contributed by atoms with Gasteiger partial charge in [-0.25, -0.2) is 4.98 Å². The second-order valence-electron chi connectivity index (χ2n) is 1.77. The Bertz CT molecular complexity index is 199. The molecule has 1 aromatic rings. The van der Waals surface area contributed by atoms with Gasteiger partial charge in [-0.1, -0.05) is 0 Å². The van der Waals surface area contributed by atoms with Crippen molar-refractivity contribution in [2.45, 2.75) is 11.1 Å². The van der Waals surface area contributed by atoms with Crippen LogP contribution in [0.1, 0.15) is 5.01 Å². The van der Waals surface area contributed by atoms with Crippen LogP contribution in [0.15, 0.2) is 10.4 Å². The van der Waals surface area contributed by atoms with E-state index in [2.05, 4.69) is 4.98 Å². The molecule has 0 radical (unpaired) electrons. The van der Waals surface area contributed by atoms with Crippen LogP contribution >= 0.6 is 23.1 Å². The highest BCUT2D eigenvalue weighted by molar-refractivity contribution is 8.01. The summed E-state index contributed by atoms with van der Waals surface area (Å²) in [7, 11) is 0. The van der Waals surface area contributed by atoms with Crippen LogP contribution in [0.25, 0.3) is 0 Å². The zero-order valence-corrected chi connectivity index (χ0v) is 7.34. The lowest BCUT2D eigenvalue weighted by Crippen LogP contribution is -1.82. The Morgan fingerprint density at radius 2 is 2.60 bits per heavy atom. The van der Waals surface area contributed by atoms with E-state index in [4.69, 9.17) is 5.11 Å². The number of aromatic nitrogens is 1. The minimum atomic E-state index is 0.238. The van der Waals surface area contributed by atoms with E-state index in [0.717, 1.165) is 10.8 Å². The molecular weight excluding hydrogens is 166 g/mol. The Morgan fingerprint density at radius 3 is 3.10 bits per heavy atom. The Labute approximate surface area is 68.3 Å². The third kappa shape index (κ3) is 2.28. The fourth-order valence-corrected chi connectivity index (χ4v) is 2.32. The van der Waals surface area contributed by atoms with Gasteiger partial charge in [-0.3, -0.25) is 0 Å². The smallest absolute Gasteiger partial charge is 0.0905 e. The summed E-state index contributed by atoms with van der Waals surface area (Å²) in [6.45, 7) is 2.22. The summed E-state index contributed by atoms with van der Waals surface area (Å²) in [5, 5.41) is 9.58. The molecule has 10 heavy (non-hydrogen) atoms. The normalized spacial score (nSPS) is 10.2. The fraction of sp³-hybridized carbons (Fsp3) is 0.500. The monoisotopic (exact) mass is 175 g/mol. The minimum absolute atomic E-state index is 0.238. The number of thiazole rings is 1. The highest BCUT2D eigenvalue weighted by Crippen LogP contribution is 2.23. The number of hydrogen-bond acceptors (Lipinski definition) is 4. The van der Waals surface area contributed by atoms with Crippen LogP contribution in [0, 0.1) is 6.92 Å². The molecule has 0 aliphatic heterocycles. The standard InChI is InChI=1S/C6H9NOS2/c1-5-7-4-6(10-5)9-3-2-8/h4,8H,2-3H2,1H3. The molecule has 0 amide bonds. The first-order valence-corrected chi connectivity index (χ1v) is 4.79. The van der Waals surface area contributed by atoms with Gasteiger partial charge < -0.3 is 5.11 Å². The van der Waals surface area contributed by atoms with Crippen LogP contribution in [0.5, 0.6) is 0 Å². The summed E-state index contributed by atoms with van der Waals surface area (Å²) in [6.07, 6.45) is 1.85. The number of aliphatic hydroxyl groups is 1. The molecule has 4 heteroatoms. The molecule has 0 bridgehead atoms. The Kier molecular flexibility index (Phi) is 3.18.